The van der Waals surface area contributed by atoms with Gasteiger partial charge in [-0.1, -0.05) is 18.2 Å². The van der Waals surface area contributed by atoms with Crippen LogP contribution in [0.3, 0.4) is 0 Å². The van der Waals surface area contributed by atoms with Gasteiger partial charge in [-0.2, -0.15) is 4.73 Å². The minimum Gasteiger partial charge on any atom is -0.462 e. The number of ketones is 1. The van der Waals surface area contributed by atoms with Crippen molar-refractivity contribution in [3.8, 4) is 0 Å². The van der Waals surface area contributed by atoms with E-state index in [1.165, 1.54) is 6.20 Å². The van der Waals surface area contributed by atoms with Crippen LogP contribution in [-0.4, -0.2) is 48.2 Å². The second-order valence-electron chi connectivity index (χ2n) is 6.10. The number of carbonyl (C=O) groups is 2. The Morgan fingerprint density at radius 3 is 2.52 bits per heavy atom. The van der Waals surface area contributed by atoms with Gasteiger partial charge < -0.3 is 14.5 Å². The van der Waals surface area contributed by atoms with E-state index in [9.17, 15) is 9.59 Å². The van der Waals surface area contributed by atoms with Crippen LogP contribution in [0.4, 0.5) is 0 Å². The summed E-state index contributed by atoms with van der Waals surface area (Å²) in [5, 5.41) is 0.724. The molecule has 0 unspecified atom stereocenters. The number of hydrogen-bond acceptors (Lipinski definition) is 5. The third kappa shape index (κ3) is 4.21. The zero-order chi connectivity index (χ0) is 18.6. The number of para-hydroxylation sites is 1. The Hall–Kier alpha value is -2.76. The van der Waals surface area contributed by atoms with E-state index in [4.69, 9.17) is 9.57 Å². The highest BCUT2D eigenvalue weighted by molar-refractivity contribution is 6.27. The van der Waals surface area contributed by atoms with Gasteiger partial charge in [0.15, 0.2) is 0 Å². The second-order valence-corrected chi connectivity index (χ2v) is 6.10. The molecule has 1 aromatic carbocycles. The highest BCUT2D eigenvalue weighted by Crippen LogP contribution is 2.24. The van der Waals surface area contributed by atoms with Crippen molar-refractivity contribution < 1.29 is 19.2 Å². The fraction of sp³-hybridized carbons (Fsp3) is 0.368. The van der Waals surface area contributed by atoms with Crippen molar-refractivity contribution in [3.05, 3.63) is 47.8 Å². The van der Waals surface area contributed by atoms with Gasteiger partial charge in [0.05, 0.1) is 23.9 Å². The van der Waals surface area contributed by atoms with Crippen LogP contribution in [0.2, 0.25) is 0 Å². The molecule has 0 aliphatic heterocycles. The quantitative estimate of drug-likeness (QED) is 0.254. The number of aromatic nitrogens is 1. The first-order chi connectivity index (χ1) is 11.8. The van der Waals surface area contributed by atoms with Gasteiger partial charge in [0.25, 0.3) is 0 Å². The van der Waals surface area contributed by atoms with Crippen LogP contribution < -0.4 is 4.84 Å². The first-order valence-corrected chi connectivity index (χ1v) is 8.22. The molecule has 6 heteroatoms. The summed E-state index contributed by atoms with van der Waals surface area (Å²) in [6.45, 7) is 5.73. The van der Waals surface area contributed by atoms with Crippen molar-refractivity contribution in [1.82, 2.24) is 9.63 Å². The predicted molar refractivity (Wildman–Crippen MR) is 96.4 cm³/mol. The summed E-state index contributed by atoms with van der Waals surface area (Å²) in [5.41, 5.74) is 1.16. The van der Waals surface area contributed by atoms with E-state index in [1.807, 2.05) is 38.1 Å². The van der Waals surface area contributed by atoms with Crippen LogP contribution in [0.15, 0.2) is 42.2 Å². The maximum atomic E-state index is 13.0. The average Bonchev–Trinajstić information content (AvgIpc) is 2.90. The molecule has 0 saturated heterocycles. The lowest BCUT2D eigenvalue weighted by atomic mass is 10.0. The number of esters is 1. The molecule has 2 rings (SSSR count). The lowest BCUT2D eigenvalue weighted by molar-refractivity contribution is -0.138. The largest absolute Gasteiger partial charge is 0.462 e. The molecule has 0 amide bonds. The summed E-state index contributed by atoms with van der Waals surface area (Å²) >= 11 is 0. The van der Waals surface area contributed by atoms with Crippen molar-refractivity contribution in [2.75, 3.05) is 20.7 Å². The Kier molecular flexibility index (Phi) is 5.85. The third-order valence-electron chi connectivity index (χ3n) is 3.37. The van der Waals surface area contributed by atoms with Crippen LogP contribution in [0.5, 0.6) is 0 Å². The van der Waals surface area contributed by atoms with Gasteiger partial charge in [0.2, 0.25) is 5.78 Å². The first-order valence-electron chi connectivity index (χ1n) is 8.22. The third-order valence-corrected chi connectivity index (χ3v) is 3.37. The highest BCUT2D eigenvalue weighted by Gasteiger charge is 2.25. The van der Waals surface area contributed by atoms with Gasteiger partial charge in [0.1, 0.15) is 11.7 Å². The molecule has 1 aromatic heterocycles. The Labute approximate surface area is 147 Å². The van der Waals surface area contributed by atoms with E-state index < -0.39 is 11.8 Å². The van der Waals surface area contributed by atoms with Crippen molar-refractivity contribution in [1.29, 1.82) is 0 Å². The van der Waals surface area contributed by atoms with Gasteiger partial charge in [-0.25, -0.2) is 4.79 Å². The minimum atomic E-state index is -0.636. The zero-order valence-electron chi connectivity index (χ0n) is 15.3. The van der Waals surface area contributed by atoms with Crippen molar-refractivity contribution in [2.45, 2.75) is 26.9 Å². The van der Waals surface area contributed by atoms with E-state index in [0.29, 0.717) is 5.56 Å². The monoisotopic (exact) mass is 344 g/mol. The smallest absolute Gasteiger partial charge is 0.343 e. The molecule has 2 aromatic rings. The molecule has 0 spiro atoms. The number of hydrogen-bond donors (Lipinski definition) is 0. The molecule has 0 atom stereocenters. The standard InChI is InChI=1S/C19H24N2O4/c1-6-24-19(23)16(11-20(4)5)18(22)15-12-21(25-13(2)3)17-10-8-7-9-14(15)17/h7-13H,6H2,1-5H3. The maximum Gasteiger partial charge on any atom is 0.343 e. The Morgan fingerprint density at radius 2 is 1.92 bits per heavy atom. The van der Waals surface area contributed by atoms with Crippen LogP contribution in [0.25, 0.3) is 10.9 Å². The molecule has 0 radical (unpaired) electrons. The highest BCUT2D eigenvalue weighted by atomic mass is 16.7. The van der Waals surface area contributed by atoms with Crippen molar-refractivity contribution in [2.24, 2.45) is 0 Å². The van der Waals surface area contributed by atoms with E-state index >= 15 is 0 Å². The number of fused-ring (bicyclic) bond motifs is 1. The number of Topliss-reactive ketones (excluding diaryl/α,β-unsaturated/α-hetero) is 1. The van der Waals surface area contributed by atoms with Gasteiger partial charge in [0, 0.05) is 25.7 Å². The summed E-state index contributed by atoms with van der Waals surface area (Å²) in [5.74, 6) is -1.03. The van der Waals surface area contributed by atoms with Crippen LogP contribution >= 0.6 is 0 Å². The fourth-order valence-electron chi connectivity index (χ4n) is 2.46. The molecular weight excluding hydrogens is 320 g/mol. The van der Waals surface area contributed by atoms with Crippen LogP contribution in [0, 0.1) is 0 Å². The summed E-state index contributed by atoms with van der Waals surface area (Å²) < 4.78 is 6.61. The Morgan fingerprint density at radius 1 is 1.24 bits per heavy atom. The number of nitrogens with zero attached hydrogens (tertiary/aromatic N) is 2. The predicted octanol–water partition coefficient (Wildman–Crippen LogP) is 2.67. The molecule has 25 heavy (non-hydrogen) atoms. The number of rotatable bonds is 7. The SMILES string of the molecule is CCOC(=O)C(=CN(C)C)C(=O)c1cn(OC(C)C)c2ccccc12. The molecule has 0 N–H and O–H groups in total. The number of benzene rings is 1. The van der Waals surface area contributed by atoms with E-state index in [1.54, 1.807) is 36.8 Å². The van der Waals surface area contributed by atoms with Gasteiger partial charge in [-0.05, 0) is 26.8 Å². The summed E-state index contributed by atoms with van der Waals surface area (Å²) in [6.07, 6.45) is 3.05. The molecule has 0 bridgehead atoms. The minimum absolute atomic E-state index is 0.0145. The maximum absolute atomic E-state index is 13.0. The van der Waals surface area contributed by atoms with Crippen LogP contribution in [0.1, 0.15) is 31.1 Å². The lowest BCUT2D eigenvalue weighted by Gasteiger charge is -2.11. The molecule has 0 aliphatic carbocycles. The first kappa shape index (κ1) is 18.6. The molecule has 134 valence electrons. The molecule has 0 saturated carbocycles. The normalized spacial score (nSPS) is 11.7. The van der Waals surface area contributed by atoms with Gasteiger partial charge in [-0.3, -0.25) is 4.79 Å². The average molecular weight is 344 g/mol. The number of ether oxygens (including phenoxy) is 1. The number of carbonyl (C=O) groups excluding carboxylic acids is 2. The summed E-state index contributed by atoms with van der Waals surface area (Å²) in [6, 6.07) is 7.42. The van der Waals surface area contributed by atoms with Crippen molar-refractivity contribution in [3.63, 3.8) is 0 Å². The van der Waals surface area contributed by atoms with Crippen LogP contribution in [-0.2, 0) is 9.53 Å². The topological polar surface area (TPSA) is 60.8 Å². The second kappa shape index (κ2) is 7.88. The molecular formula is C19H24N2O4. The Bertz CT molecular complexity index is 803. The summed E-state index contributed by atoms with van der Waals surface area (Å²) in [7, 11) is 3.50. The van der Waals surface area contributed by atoms with Gasteiger partial charge in [-0.15, -0.1) is 0 Å². The summed E-state index contributed by atoms with van der Waals surface area (Å²) in [4.78, 5) is 32.7. The molecule has 0 fully saturated rings. The van der Waals surface area contributed by atoms with Gasteiger partial charge >= 0.3 is 5.97 Å². The van der Waals surface area contributed by atoms with E-state index in [2.05, 4.69) is 0 Å². The molecule has 6 nitrogen and oxygen atoms in total. The van der Waals surface area contributed by atoms with E-state index in [-0.39, 0.29) is 18.3 Å². The van der Waals surface area contributed by atoms with E-state index in [0.717, 1.165) is 10.9 Å². The zero-order valence-corrected chi connectivity index (χ0v) is 15.3. The lowest BCUT2D eigenvalue weighted by Crippen LogP contribution is -2.20. The Balaban J connectivity index is 2.55. The fourth-order valence-corrected chi connectivity index (χ4v) is 2.46. The molecule has 1 heterocycles. The molecule has 0 aliphatic rings. The van der Waals surface area contributed by atoms with Crippen molar-refractivity contribution >= 4 is 22.7 Å².